The van der Waals surface area contributed by atoms with Crippen molar-refractivity contribution in [2.45, 2.75) is 13.8 Å². The van der Waals surface area contributed by atoms with Crippen molar-refractivity contribution in [3.8, 4) is 0 Å². The van der Waals surface area contributed by atoms with Gasteiger partial charge in [0.2, 0.25) is 5.91 Å². The zero-order valence-electron chi connectivity index (χ0n) is 9.26. The molecule has 0 bridgehead atoms. The third-order valence-electron chi connectivity index (χ3n) is 2.12. The lowest BCUT2D eigenvalue weighted by atomic mass is 10.1. The van der Waals surface area contributed by atoms with Gasteiger partial charge in [0, 0.05) is 11.4 Å². The minimum absolute atomic E-state index is 0.189. The van der Waals surface area contributed by atoms with Crippen molar-refractivity contribution in [1.82, 2.24) is 0 Å². The molecule has 86 valence electrons. The molecule has 0 spiro atoms. The second-order valence-electron chi connectivity index (χ2n) is 3.27. The summed E-state index contributed by atoms with van der Waals surface area (Å²) in [5, 5.41) is 2.67. The highest BCUT2D eigenvalue weighted by molar-refractivity contribution is 9.10. The number of carbonyl (C=O) groups excluding carboxylic acids is 2. The van der Waals surface area contributed by atoms with Crippen LogP contribution in [0.2, 0.25) is 0 Å². The van der Waals surface area contributed by atoms with E-state index in [1.807, 2.05) is 0 Å². The largest absolute Gasteiger partial charge is 0.465 e. The van der Waals surface area contributed by atoms with Gasteiger partial charge in [0.25, 0.3) is 0 Å². The summed E-state index contributed by atoms with van der Waals surface area (Å²) in [7, 11) is 1.32. The Kier molecular flexibility index (Phi) is 4.06. The second-order valence-corrected chi connectivity index (χ2v) is 4.12. The Morgan fingerprint density at radius 1 is 1.38 bits per heavy atom. The number of halogens is 1. The van der Waals surface area contributed by atoms with Crippen LogP contribution in [0.5, 0.6) is 0 Å². The zero-order valence-corrected chi connectivity index (χ0v) is 10.8. The molecule has 0 aliphatic heterocycles. The molecule has 1 aromatic carbocycles. The van der Waals surface area contributed by atoms with E-state index in [9.17, 15) is 9.59 Å². The fraction of sp³-hybridized carbons (Fsp3) is 0.273. The first-order valence-corrected chi connectivity index (χ1v) is 5.41. The molecule has 0 aliphatic rings. The Morgan fingerprint density at radius 2 is 2.00 bits per heavy atom. The molecule has 1 N–H and O–H groups in total. The van der Waals surface area contributed by atoms with Gasteiger partial charge in [0.05, 0.1) is 18.4 Å². The van der Waals surface area contributed by atoms with Crippen LogP contribution in [0.1, 0.15) is 22.8 Å². The number of ether oxygens (including phenoxy) is 1. The van der Waals surface area contributed by atoms with Gasteiger partial charge in [-0.15, -0.1) is 0 Å². The van der Waals surface area contributed by atoms with Gasteiger partial charge in [-0.1, -0.05) is 0 Å². The molecular weight excluding hydrogens is 274 g/mol. The van der Waals surface area contributed by atoms with Crippen molar-refractivity contribution in [2.24, 2.45) is 0 Å². The fourth-order valence-corrected chi connectivity index (χ4v) is 1.87. The Labute approximate surface area is 102 Å². The average Bonchev–Trinajstić information content (AvgIpc) is 2.23. The summed E-state index contributed by atoms with van der Waals surface area (Å²) in [4.78, 5) is 22.5. The molecule has 1 aromatic rings. The molecule has 1 rings (SSSR count). The molecule has 16 heavy (non-hydrogen) atoms. The van der Waals surface area contributed by atoms with E-state index in [1.165, 1.54) is 14.0 Å². The summed E-state index contributed by atoms with van der Waals surface area (Å²) in [5.41, 5.74) is 1.71. The van der Waals surface area contributed by atoms with Crippen molar-refractivity contribution in [2.75, 3.05) is 12.4 Å². The van der Waals surface area contributed by atoms with Crippen molar-refractivity contribution in [3.05, 3.63) is 27.7 Å². The number of esters is 1. The van der Waals surface area contributed by atoms with E-state index in [4.69, 9.17) is 0 Å². The van der Waals surface area contributed by atoms with E-state index >= 15 is 0 Å². The molecule has 0 aliphatic carbocycles. The van der Waals surface area contributed by atoms with Gasteiger partial charge < -0.3 is 10.1 Å². The van der Waals surface area contributed by atoms with Gasteiger partial charge in [-0.3, -0.25) is 4.79 Å². The van der Waals surface area contributed by atoms with Crippen LogP contribution >= 0.6 is 15.9 Å². The monoisotopic (exact) mass is 285 g/mol. The number of benzene rings is 1. The first-order valence-electron chi connectivity index (χ1n) is 4.62. The molecule has 0 saturated heterocycles. The Balaban J connectivity index is 3.26. The molecule has 0 atom stereocenters. The van der Waals surface area contributed by atoms with Gasteiger partial charge in [-0.25, -0.2) is 4.79 Å². The molecule has 0 fully saturated rings. The highest BCUT2D eigenvalue weighted by Crippen LogP contribution is 2.29. The fourth-order valence-electron chi connectivity index (χ4n) is 1.34. The van der Waals surface area contributed by atoms with Crippen LogP contribution in [-0.2, 0) is 9.53 Å². The molecular formula is C11H12BrNO3. The van der Waals surface area contributed by atoms with Crippen molar-refractivity contribution in [1.29, 1.82) is 0 Å². The quantitative estimate of drug-likeness (QED) is 0.850. The zero-order chi connectivity index (χ0) is 12.3. The molecule has 0 saturated carbocycles. The maximum absolute atomic E-state index is 11.4. The molecule has 0 aromatic heterocycles. The van der Waals surface area contributed by atoms with Gasteiger partial charge >= 0.3 is 5.97 Å². The first kappa shape index (κ1) is 12.7. The summed E-state index contributed by atoms with van der Waals surface area (Å²) >= 11 is 3.31. The van der Waals surface area contributed by atoms with Crippen LogP contribution in [0.25, 0.3) is 0 Å². The topological polar surface area (TPSA) is 55.4 Å². The van der Waals surface area contributed by atoms with E-state index in [0.29, 0.717) is 16.8 Å². The van der Waals surface area contributed by atoms with Crippen LogP contribution in [-0.4, -0.2) is 19.0 Å². The number of hydrogen-bond acceptors (Lipinski definition) is 3. The summed E-state index contributed by atoms with van der Waals surface area (Å²) < 4.78 is 5.38. The molecule has 0 radical (unpaired) electrons. The van der Waals surface area contributed by atoms with Gasteiger partial charge in [-0.2, -0.15) is 0 Å². The summed E-state index contributed by atoms with van der Waals surface area (Å²) in [6.45, 7) is 3.17. The van der Waals surface area contributed by atoms with Gasteiger partial charge in [0.1, 0.15) is 0 Å². The average molecular weight is 286 g/mol. The number of methoxy groups -OCH3 is 1. The van der Waals surface area contributed by atoms with Gasteiger partial charge in [0.15, 0.2) is 0 Å². The minimum atomic E-state index is -0.420. The number of hydrogen-bond donors (Lipinski definition) is 1. The molecule has 0 unspecified atom stereocenters. The van der Waals surface area contributed by atoms with Crippen molar-refractivity contribution >= 4 is 33.5 Å². The highest BCUT2D eigenvalue weighted by atomic mass is 79.9. The van der Waals surface area contributed by atoms with Crippen LogP contribution in [0, 0.1) is 6.92 Å². The Hall–Kier alpha value is -1.36. The number of amides is 1. The third kappa shape index (κ3) is 2.61. The van der Waals surface area contributed by atoms with Crippen LogP contribution in [0.15, 0.2) is 16.6 Å². The van der Waals surface area contributed by atoms with Gasteiger partial charge in [-0.05, 0) is 40.5 Å². The van der Waals surface area contributed by atoms with Crippen LogP contribution in [0.4, 0.5) is 5.69 Å². The first-order chi connectivity index (χ1) is 7.47. The molecule has 0 heterocycles. The van der Waals surface area contributed by atoms with Crippen molar-refractivity contribution < 1.29 is 14.3 Å². The van der Waals surface area contributed by atoms with Crippen LogP contribution < -0.4 is 5.32 Å². The normalized spacial score (nSPS) is 9.75. The highest BCUT2D eigenvalue weighted by Gasteiger charge is 2.15. The standard InChI is InChI=1S/C11H12BrNO3/c1-6-8(11(15)16-3)4-5-9(12)10(6)13-7(2)14/h4-5H,1-3H3,(H,13,14). The third-order valence-corrected chi connectivity index (χ3v) is 2.78. The lowest BCUT2D eigenvalue weighted by Crippen LogP contribution is -2.11. The number of nitrogens with one attached hydrogen (secondary N) is 1. The molecule has 5 heteroatoms. The maximum atomic E-state index is 11.4. The SMILES string of the molecule is COC(=O)c1ccc(Br)c(NC(C)=O)c1C. The number of carbonyl (C=O) groups is 2. The number of rotatable bonds is 2. The van der Waals surface area contributed by atoms with E-state index in [-0.39, 0.29) is 5.91 Å². The van der Waals surface area contributed by atoms with E-state index < -0.39 is 5.97 Å². The molecule has 1 amide bonds. The lowest BCUT2D eigenvalue weighted by molar-refractivity contribution is -0.114. The lowest BCUT2D eigenvalue weighted by Gasteiger charge is -2.12. The Bertz CT molecular complexity index is 443. The van der Waals surface area contributed by atoms with Crippen LogP contribution in [0.3, 0.4) is 0 Å². The van der Waals surface area contributed by atoms with E-state index in [2.05, 4.69) is 26.0 Å². The molecule has 4 nitrogen and oxygen atoms in total. The predicted molar refractivity (Wildman–Crippen MR) is 64.5 cm³/mol. The van der Waals surface area contributed by atoms with E-state index in [0.717, 1.165) is 4.47 Å². The Morgan fingerprint density at radius 3 is 2.50 bits per heavy atom. The summed E-state index contributed by atoms with van der Waals surface area (Å²) in [6.07, 6.45) is 0. The van der Waals surface area contributed by atoms with Crippen molar-refractivity contribution in [3.63, 3.8) is 0 Å². The van der Waals surface area contributed by atoms with E-state index in [1.54, 1.807) is 19.1 Å². The number of anilines is 1. The summed E-state index contributed by atoms with van der Waals surface area (Å²) in [5.74, 6) is -0.609. The minimum Gasteiger partial charge on any atom is -0.465 e. The maximum Gasteiger partial charge on any atom is 0.338 e. The second kappa shape index (κ2) is 5.12. The summed E-state index contributed by atoms with van der Waals surface area (Å²) in [6, 6.07) is 3.35. The smallest absolute Gasteiger partial charge is 0.338 e. The predicted octanol–water partition coefficient (Wildman–Crippen LogP) is 2.50.